The molecule has 0 aliphatic heterocycles. The number of hydrogen-bond donors (Lipinski definition) is 1. The predicted octanol–water partition coefficient (Wildman–Crippen LogP) is 4.58. The Balaban J connectivity index is 1.77. The summed E-state index contributed by atoms with van der Waals surface area (Å²) in [7, 11) is 1.62. The van der Waals surface area contributed by atoms with Gasteiger partial charge in [-0.25, -0.2) is 0 Å². The van der Waals surface area contributed by atoms with Crippen molar-refractivity contribution in [1.29, 1.82) is 0 Å². The fourth-order valence-corrected chi connectivity index (χ4v) is 2.97. The van der Waals surface area contributed by atoms with Crippen molar-refractivity contribution in [2.45, 2.75) is 18.9 Å². The molecule has 26 heavy (non-hydrogen) atoms. The zero-order valence-electron chi connectivity index (χ0n) is 14.4. The van der Waals surface area contributed by atoms with E-state index >= 15 is 0 Å². The van der Waals surface area contributed by atoms with Crippen LogP contribution in [0.1, 0.15) is 22.8 Å². The normalized spacial score (nSPS) is 11.8. The number of ether oxygens (including phenoxy) is 1. The zero-order chi connectivity index (χ0) is 18.4. The van der Waals surface area contributed by atoms with Crippen LogP contribution in [0.5, 0.6) is 5.75 Å². The molecule has 1 heterocycles. The Bertz CT molecular complexity index is 844. The van der Waals surface area contributed by atoms with Gasteiger partial charge in [0.1, 0.15) is 11.5 Å². The number of carbonyl (C=O) groups is 1. The highest BCUT2D eigenvalue weighted by atomic mass is 35.5. The summed E-state index contributed by atoms with van der Waals surface area (Å²) in [6.07, 6.45) is 2.09. The quantitative estimate of drug-likeness (QED) is 0.663. The second-order valence-electron chi connectivity index (χ2n) is 5.92. The number of halogens is 1. The summed E-state index contributed by atoms with van der Waals surface area (Å²) in [5.74, 6) is 1.07. The third-order valence-corrected chi connectivity index (χ3v) is 4.47. The van der Waals surface area contributed by atoms with Crippen LogP contribution in [0.25, 0.3) is 0 Å². The minimum Gasteiger partial charge on any atom is -0.496 e. The molecule has 0 radical (unpaired) electrons. The van der Waals surface area contributed by atoms with E-state index < -0.39 is 0 Å². The van der Waals surface area contributed by atoms with Crippen LogP contribution in [0.2, 0.25) is 5.02 Å². The van der Waals surface area contributed by atoms with Crippen LogP contribution in [0.3, 0.4) is 0 Å². The molecule has 1 atom stereocenters. The average Bonchev–Trinajstić information content (AvgIpc) is 3.18. The van der Waals surface area contributed by atoms with Gasteiger partial charge in [-0.3, -0.25) is 4.79 Å². The molecule has 134 valence electrons. The number of methoxy groups -OCH3 is 1. The number of carbonyl (C=O) groups excluding carboxylic acids is 1. The van der Waals surface area contributed by atoms with Crippen LogP contribution in [0.15, 0.2) is 71.3 Å². The van der Waals surface area contributed by atoms with Crippen LogP contribution in [0.4, 0.5) is 0 Å². The minimum atomic E-state index is -0.367. The Morgan fingerprint density at radius 3 is 2.58 bits per heavy atom. The molecular weight excluding hydrogens is 350 g/mol. The molecule has 0 aliphatic carbocycles. The first kappa shape index (κ1) is 18.1. The van der Waals surface area contributed by atoms with Gasteiger partial charge in [0.25, 0.3) is 0 Å². The monoisotopic (exact) mass is 369 g/mol. The van der Waals surface area contributed by atoms with Crippen molar-refractivity contribution in [3.8, 4) is 5.75 Å². The lowest BCUT2D eigenvalue weighted by atomic mass is 9.93. The van der Waals surface area contributed by atoms with E-state index in [9.17, 15) is 4.79 Å². The van der Waals surface area contributed by atoms with E-state index in [-0.39, 0.29) is 11.8 Å². The molecule has 0 fully saturated rings. The topological polar surface area (TPSA) is 51.5 Å². The molecule has 1 aromatic heterocycles. The summed E-state index contributed by atoms with van der Waals surface area (Å²) >= 11 is 5.98. The lowest BCUT2D eigenvalue weighted by Crippen LogP contribution is -2.30. The molecule has 0 aliphatic rings. The van der Waals surface area contributed by atoms with Gasteiger partial charge in [0.2, 0.25) is 5.91 Å². The first-order chi connectivity index (χ1) is 12.7. The molecule has 0 bridgehead atoms. The van der Waals surface area contributed by atoms with Crippen LogP contribution < -0.4 is 10.1 Å². The Labute approximate surface area is 157 Å². The highest BCUT2D eigenvalue weighted by molar-refractivity contribution is 6.30. The van der Waals surface area contributed by atoms with Crippen LogP contribution in [0, 0.1) is 0 Å². The third-order valence-electron chi connectivity index (χ3n) is 4.22. The molecule has 5 heteroatoms. The summed E-state index contributed by atoms with van der Waals surface area (Å²) in [5, 5.41) is 3.64. The SMILES string of the molecule is COc1ccccc1CNC(=O)C(Cc1ccco1)c1ccc(Cl)cc1. The van der Waals surface area contributed by atoms with Gasteiger partial charge in [0.15, 0.2) is 0 Å². The molecule has 1 unspecified atom stereocenters. The Morgan fingerprint density at radius 2 is 1.88 bits per heavy atom. The van der Waals surface area contributed by atoms with Gasteiger partial charge in [0.05, 0.1) is 19.3 Å². The van der Waals surface area contributed by atoms with Crippen molar-refractivity contribution in [2.24, 2.45) is 0 Å². The fraction of sp³-hybridized carbons (Fsp3) is 0.190. The standard InChI is InChI=1S/C21H20ClNO3/c1-25-20-7-3-2-5-16(20)14-23-21(24)19(13-18-6-4-12-26-18)15-8-10-17(22)11-9-15/h2-12,19H,13-14H2,1H3,(H,23,24). The fourth-order valence-electron chi connectivity index (χ4n) is 2.84. The Morgan fingerprint density at radius 1 is 1.12 bits per heavy atom. The van der Waals surface area contributed by atoms with E-state index in [4.69, 9.17) is 20.8 Å². The maximum absolute atomic E-state index is 12.9. The van der Waals surface area contributed by atoms with E-state index in [1.54, 1.807) is 25.5 Å². The largest absolute Gasteiger partial charge is 0.496 e. The Kier molecular flexibility index (Phi) is 5.97. The summed E-state index contributed by atoms with van der Waals surface area (Å²) in [6, 6.07) is 18.7. The van der Waals surface area contributed by atoms with Crippen molar-refractivity contribution in [1.82, 2.24) is 5.32 Å². The van der Waals surface area contributed by atoms with Crippen molar-refractivity contribution >= 4 is 17.5 Å². The van der Waals surface area contributed by atoms with Gasteiger partial charge in [-0.2, -0.15) is 0 Å². The molecule has 0 saturated carbocycles. The first-order valence-corrected chi connectivity index (χ1v) is 8.72. The molecule has 0 spiro atoms. The maximum Gasteiger partial charge on any atom is 0.228 e. The molecule has 1 amide bonds. The number of rotatable bonds is 7. The minimum absolute atomic E-state index is 0.0744. The predicted molar refractivity (Wildman–Crippen MR) is 101 cm³/mol. The summed E-state index contributed by atoms with van der Waals surface area (Å²) in [6.45, 7) is 0.394. The summed E-state index contributed by atoms with van der Waals surface area (Å²) in [4.78, 5) is 12.9. The van der Waals surface area contributed by atoms with Gasteiger partial charge in [-0.15, -0.1) is 0 Å². The highest BCUT2D eigenvalue weighted by Crippen LogP contribution is 2.24. The first-order valence-electron chi connectivity index (χ1n) is 8.35. The van der Waals surface area contributed by atoms with Crippen molar-refractivity contribution in [3.05, 3.63) is 88.8 Å². The van der Waals surface area contributed by atoms with Gasteiger partial charge in [-0.05, 0) is 35.9 Å². The lowest BCUT2D eigenvalue weighted by Gasteiger charge is -2.17. The maximum atomic E-state index is 12.9. The number of nitrogens with one attached hydrogen (secondary N) is 1. The van der Waals surface area contributed by atoms with Gasteiger partial charge in [-0.1, -0.05) is 41.9 Å². The smallest absolute Gasteiger partial charge is 0.228 e. The highest BCUT2D eigenvalue weighted by Gasteiger charge is 2.22. The van der Waals surface area contributed by atoms with E-state index in [1.165, 1.54) is 0 Å². The van der Waals surface area contributed by atoms with Gasteiger partial charge < -0.3 is 14.5 Å². The average molecular weight is 370 g/mol. The Hall–Kier alpha value is -2.72. The summed E-state index contributed by atoms with van der Waals surface area (Å²) in [5.41, 5.74) is 1.82. The summed E-state index contributed by atoms with van der Waals surface area (Å²) < 4.78 is 10.8. The molecular formula is C21H20ClNO3. The second kappa shape index (κ2) is 8.59. The van der Waals surface area contributed by atoms with E-state index in [1.807, 2.05) is 48.5 Å². The van der Waals surface area contributed by atoms with E-state index in [2.05, 4.69) is 5.32 Å². The van der Waals surface area contributed by atoms with Crippen molar-refractivity contribution in [2.75, 3.05) is 7.11 Å². The molecule has 0 saturated heterocycles. The van der Waals surface area contributed by atoms with Gasteiger partial charge >= 0.3 is 0 Å². The molecule has 3 rings (SSSR count). The molecule has 3 aromatic rings. The molecule has 2 aromatic carbocycles. The van der Waals surface area contributed by atoms with Crippen molar-refractivity contribution < 1.29 is 13.9 Å². The van der Waals surface area contributed by atoms with Crippen LogP contribution in [-0.2, 0) is 17.8 Å². The second-order valence-corrected chi connectivity index (χ2v) is 6.35. The molecule has 1 N–H and O–H groups in total. The zero-order valence-corrected chi connectivity index (χ0v) is 15.2. The van der Waals surface area contributed by atoms with Gasteiger partial charge in [0, 0.05) is 23.6 Å². The van der Waals surface area contributed by atoms with Crippen LogP contribution >= 0.6 is 11.6 Å². The number of para-hydroxylation sites is 1. The molecule has 4 nitrogen and oxygen atoms in total. The number of furan rings is 1. The number of amides is 1. The number of benzene rings is 2. The third kappa shape index (κ3) is 4.46. The number of hydrogen-bond acceptors (Lipinski definition) is 3. The van der Waals surface area contributed by atoms with E-state index in [0.717, 1.165) is 22.6 Å². The van der Waals surface area contributed by atoms with E-state index in [0.29, 0.717) is 18.0 Å². The lowest BCUT2D eigenvalue weighted by molar-refractivity contribution is -0.122. The van der Waals surface area contributed by atoms with Crippen molar-refractivity contribution in [3.63, 3.8) is 0 Å². The van der Waals surface area contributed by atoms with Crippen LogP contribution in [-0.4, -0.2) is 13.0 Å².